The predicted octanol–water partition coefficient (Wildman–Crippen LogP) is 2.78. The largest absolute Gasteiger partial charge is 0.382 e. The molecule has 0 aliphatic carbocycles. The Balaban J connectivity index is 2.18. The molecule has 2 heterocycles. The van der Waals surface area contributed by atoms with Gasteiger partial charge in [-0.1, -0.05) is 55.4 Å². The van der Waals surface area contributed by atoms with Crippen molar-refractivity contribution >= 4 is 34.6 Å². The van der Waals surface area contributed by atoms with Crippen molar-refractivity contribution in [2.45, 2.75) is 31.5 Å². The van der Waals surface area contributed by atoms with Crippen LogP contribution in [0.15, 0.2) is 40.3 Å². The molecule has 3 aromatic rings. The minimum atomic E-state index is -0.195. The van der Waals surface area contributed by atoms with Crippen molar-refractivity contribution in [3.63, 3.8) is 0 Å². The first-order valence-corrected chi connectivity index (χ1v) is 9.92. The van der Waals surface area contributed by atoms with Crippen molar-refractivity contribution < 1.29 is 0 Å². The van der Waals surface area contributed by atoms with Gasteiger partial charge in [0.15, 0.2) is 28.0 Å². The first-order valence-electron chi connectivity index (χ1n) is 8.93. The zero-order chi connectivity index (χ0) is 19.4. The smallest absolute Gasteiger partial charge is 0.295 e. The molecular formula is C19H24N6OS. The molecule has 0 aliphatic heterocycles. The van der Waals surface area contributed by atoms with E-state index < -0.39 is 0 Å². The van der Waals surface area contributed by atoms with Crippen LogP contribution in [-0.4, -0.2) is 39.4 Å². The number of aromatic nitrogens is 4. The molecule has 3 rings (SSSR count). The van der Waals surface area contributed by atoms with Gasteiger partial charge in [0.2, 0.25) is 0 Å². The van der Waals surface area contributed by atoms with Crippen LogP contribution in [0.1, 0.15) is 25.3 Å². The molecule has 0 unspecified atom stereocenters. The Morgan fingerprint density at radius 3 is 2.56 bits per heavy atom. The van der Waals surface area contributed by atoms with Crippen LogP contribution in [0.25, 0.3) is 11.2 Å². The molecule has 0 atom stereocenters. The van der Waals surface area contributed by atoms with Gasteiger partial charge in [0, 0.05) is 19.8 Å². The Hall–Kier alpha value is -2.61. The summed E-state index contributed by atoms with van der Waals surface area (Å²) in [6, 6.07) is 9.81. The summed E-state index contributed by atoms with van der Waals surface area (Å²) in [5.74, 6) is 1.53. The third kappa shape index (κ3) is 4.21. The van der Waals surface area contributed by atoms with E-state index in [0.717, 1.165) is 24.2 Å². The van der Waals surface area contributed by atoms with Gasteiger partial charge in [-0.25, -0.2) is 15.0 Å². The lowest BCUT2D eigenvalue weighted by molar-refractivity contribution is 0.759. The predicted molar refractivity (Wildman–Crippen MR) is 112 cm³/mol. The summed E-state index contributed by atoms with van der Waals surface area (Å²) in [4.78, 5) is 28.2. The Morgan fingerprint density at radius 2 is 1.89 bits per heavy atom. The molecule has 0 radical (unpaired) electrons. The Labute approximate surface area is 162 Å². The Morgan fingerprint density at radius 1 is 1.15 bits per heavy atom. The molecule has 8 heteroatoms. The molecule has 7 nitrogen and oxygen atoms in total. The summed E-state index contributed by atoms with van der Waals surface area (Å²) in [5, 5.41) is 0.578. The quantitative estimate of drug-likeness (QED) is 0.380. The van der Waals surface area contributed by atoms with Crippen molar-refractivity contribution in [2.75, 3.05) is 30.5 Å². The number of anilines is 2. The van der Waals surface area contributed by atoms with Gasteiger partial charge in [-0.15, -0.1) is 0 Å². The first-order chi connectivity index (χ1) is 13.0. The first kappa shape index (κ1) is 19.2. The topological polar surface area (TPSA) is 89.9 Å². The average molecular weight is 385 g/mol. The standard InChI is InChI=1S/C19H24N6OS/c1-4-5-11-27-19-22-15(20)14-16(23-19)25(12-13-9-7-6-8-10-13)18(26)17(21-14)24(2)3/h6-10H,4-5,11-12H2,1-3H3,(H2,20,22,23). The van der Waals surface area contributed by atoms with Crippen molar-refractivity contribution in [3.05, 3.63) is 46.2 Å². The molecule has 0 amide bonds. The van der Waals surface area contributed by atoms with E-state index in [1.165, 1.54) is 0 Å². The van der Waals surface area contributed by atoms with E-state index in [9.17, 15) is 4.79 Å². The van der Waals surface area contributed by atoms with E-state index >= 15 is 0 Å². The minimum absolute atomic E-state index is 0.195. The van der Waals surface area contributed by atoms with E-state index in [1.54, 1.807) is 35.3 Å². The van der Waals surface area contributed by atoms with Gasteiger partial charge in [-0.3, -0.25) is 9.36 Å². The highest BCUT2D eigenvalue weighted by Crippen LogP contribution is 2.23. The number of unbranched alkanes of at least 4 members (excludes halogenated alkanes) is 1. The molecule has 0 bridgehead atoms. The second-order valence-electron chi connectivity index (χ2n) is 6.47. The summed E-state index contributed by atoms with van der Waals surface area (Å²) in [5.41, 5.74) is 7.92. The van der Waals surface area contributed by atoms with Crippen LogP contribution in [0.3, 0.4) is 0 Å². The van der Waals surface area contributed by atoms with Gasteiger partial charge in [-0.2, -0.15) is 0 Å². The van der Waals surface area contributed by atoms with Gasteiger partial charge < -0.3 is 10.6 Å². The number of nitrogens with zero attached hydrogens (tertiary/aromatic N) is 5. The number of benzene rings is 1. The van der Waals surface area contributed by atoms with Crippen LogP contribution in [0.2, 0.25) is 0 Å². The zero-order valence-corrected chi connectivity index (χ0v) is 16.7. The highest BCUT2D eigenvalue weighted by molar-refractivity contribution is 7.99. The maximum atomic E-state index is 13.1. The molecule has 0 saturated carbocycles. The minimum Gasteiger partial charge on any atom is -0.382 e. The highest BCUT2D eigenvalue weighted by Gasteiger charge is 2.18. The van der Waals surface area contributed by atoms with Crippen LogP contribution in [0, 0.1) is 0 Å². The molecule has 27 heavy (non-hydrogen) atoms. The lowest BCUT2D eigenvalue weighted by atomic mass is 10.2. The monoisotopic (exact) mass is 384 g/mol. The van der Waals surface area contributed by atoms with Crippen LogP contribution in [0.5, 0.6) is 0 Å². The van der Waals surface area contributed by atoms with E-state index in [0.29, 0.717) is 34.5 Å². The highest BCUT2D eigenvalue weighted by atomic mass is 32.2. The van der Waals surface area contributed by atoms with E-state index in [1.807, 2.05) is 30.3 Å². The van der Waals surface area contributed by atoms with E-state index in [4.69, 9.17) is 5.73 Å². The third-order valence-electron chi connectivity index (χ3n) is 4.12. The van der Waals surface area contributed by atoms with Crippen molar-refractivity contribution in [3.8, 4) is 0 Å². The lowest BCUT2D eigenvalue weighted by Crippen LogP contribution is -2.30. The SMILES string of the molecule is CCCCSc1nc(N)c2nc(N(C)C)c(=O)n(Cc3ccccc3)c2n1. The molecule has 0 fully saturated rings. The second-order valence-corrected chi connectivity index (χ2v) is 7.53. The number of hydrogen-bond acceptors (Lipinski definition) is 7. The summed E-state index contributed by atoms with van der Waals surface area (Å²) >= 11 is 1.55. The zero-order valence-electron chi connectivity index (χ0n) is 15.8. The van der Waals surface area contributed by atoms with Crippen molar-refractivity contribution in [1.29, 1.82) is 0 Å². The molecule has 2 aromatic heterocycles. The molecular weight excluding hydrogens is 360 g/mol. The Bertz CT molecular complexity index is 987. The molecule has 0 saturated heterocycles. The summed E-state index contributed by atoms with van der Waals surface area (Å²) < 4.78 is 1.63. The van der Waals surface area contributed by atoms with Gasteiger partial charge in [0.1, 0.15) is 0 Å². The van der Waals surface area contributed by atoms with Crippen molar-refractivity contribution in [1.82, 2.24) is 19.5 Å². The molecule has 142 valence electrons. The number of nitrogens with two attached hydrogens (primary N) is 1. The van der Waals surface area contributed by atoms with Gasteiger partial charge >= 0.3 is 0 Å². The second kappa shape index (κ2) is 8.39. The Kier molecular flexibility index (Phi) is 5.95. The summed E-state index contributed by atoms with van der Waals surface area (Å²) in [6.07, 6.45) is 2.17. The number of thioether (sulfide) groups is 1. The van der Waals surface area contributed by atoms with Gasteiger partial charge in [0.05, 0.1) is 6.54 Å². The maximum absolute atomic E-state index is 13.1. The van der Waals surface area contributed by atoms with Crippen molar-refractivity contribution in [2.24, 2.45) is 0 Å². The van der Waals surface area contributed by atoms with Crippen LogP contribution >= 0.6 is 11.8 Å². The normalized spacial score (nSPS) is 11.1. The molecule has 2 N–H and O–H groups in total. The summed E-state index contributed by atoms with van der Waals surface area (Å²) in [6.45, 7) is 2.54. The number of fused-ring (bicyclic) bond motifs is 1. The third-order valence-corrected chi connectivity index (χ3v) is 5.05. The summed E-state index contributed by atoms with van der Waals surface area (Å²) in [7, 11) is 3.57. The molecule has 0 spiro atoms. The maximum Gasteiger partial charge on any atom is 0.295 e. The van der Waals surface area contributed by atoms with Gasteiger partial charge in [-0.05, 0) is 12.0 Å². The number of nitrogen functional groups attached to an aromatic ring is 1. The van der Waals surface area contributed by atoms with E-state index in [2.05, 4.69) is 21.9 Å². The fourth-order valence-electron chi connectivity index (χ4n) is 2.68. The van der Waals surface area contributed by atoms with Crippen LogP contribution in [-0.2, 0) is 6.54 Å². The van der Waals surface area contributed by atoms with Crippen LogP contribution < -0.4 is 16.2 Å². The average Bonchev–Trinajstić information content (AvgIpc) is 2.65. The molecule has 0 aliphatic rings. The fourth-order valence-corrected chi connectivity index (χ4v) is 3.61. The lowest BCUT2D eigenvalue weighted by Gasteiger charge is -2.16. The van der Waals surface area contributed by atoms with Gasteiger partial charge in [0.25, 0.3) is 5.56 Å². The number of rotatable bonds is 7. The van der Waals surface area contributed by atoms with Crippen LogP contribution in [0.4, 0.5) is 11.6 Å². The molecule has 1 aromatic carbocycles. The fraction of sp³-hybridized carbons (Fsp3) is 0.368. The van der Waals surface area contributed by atoms with E-state index in [-0.39, 0.29) is 5.56 Å². The number of hydrogen-bond donors (Lipinski definition) is 1.